The van der Waals surface area contributed by atoms with Crippen LogP contribution >= 0.6 is 0 Å². The summed E-state index contributed by atoms with van der Waals surface area (Å²) in [6.07, 6.45) is 6.69. The van der Waals surface area contributed by atoms with Gasteiger partial charge < -0.3 is 10.1 Å². The van der Waals surface area contributed by atoms with Crippen LogP contribution in [0, 0.1) is 0 Å². The number of nitrogens with zero attached hydrogens (tertiary/aromatic N) is 2. The van der Waals surface area contributed by atoms with Crippen LogP contribution in [0.3, 0.4) is 0 Å². The quantitative estimate of drug-likeness (QED) is 0.906. The van der Waals surface area contributed by atoms with Gasteiger partial charge in [-0.25, -0.2) is 4.98 Å². The fourth-order valence-corrected chi connectivity index (χ4v) is 2.10. The van der Waals surface area contributed by atoms with E-state index in [9.17, 15) is 0 Å². The zero-order valence-electron chi connectivity index (χ0n) is 11.9. The number of rotatable bonds is 4. The Balaban J connectivity index is 1.96. The van der Waals surface area contributed by atoms with Crippen LogP contribution in [0.25, 0.3) is 0 Å². The first-order valence-electron chi connectivity index (χ1n) is 7.13. The number of hydrogen-bond donors (Lipinski definition) is 1. The summed E-state index contributed by atoms with van der Waals surface area (Å²) in [6, 6.07) is 3.99. The van der Waals surface area contributed by atoms with Crippen molar-refractivity contribution < 1.29 is 4.74 Å². The van der Waals surface area contributed by atoms with Crippen LogP contribution in [0.2, 0.25) is 0 Å². The van der Waals surface area contributed by atoms with Crippen LogP contribution in [0.1, 0.15) is 45.1 Å². The van der Waals surface area contributed by atoms with Gasteiger partial charge in [0.15, 0.2) is 0 Å². The molecule has 0 aromatic carbocycles. The first-order chi connectivity index (χ1) is 9.25. The topological polar surface area (TPSA) is 46.5 Å². The summed E-state index contributed by atoms with van der Waals surface area (Å²) < 4.78 is 5.72. The Morgan fingerprint density at radius 2 is 2.21 bits per heavy atom. The van der Waals surface area contributed by atoms with Crippen LogP contribution in [-0.4, -0.2) is 23.5 Å². The summed E-state index contributed by atoms with van der Waals surface area (Å²) in [5.74, 6) is 1.84. The summed E-state index contributed by atoms with van der Waals surface area (Å²) >= 11 is 0. The molecule has 1 aliphatic heterocycles. The van der Waals surface area contributed by atoms with Gasteiger partial charge >= 0.3 is 0 Å². The summed E-state index contributed by atoms with van der Waals surface area (Å²) in [6.45, 7) is 5.71. The largest absolute Gasteiger partial charge is 0.475 e. The lowest BCUT2D eigenvalue weighted by Crippen LogP contribution is -2.23. The number of nitrogens with one attached hydrogen (secondary N) is 1. The summed E-state index contributed by atoms with van der Waals surface area (Å²) in [4.78, 5) is 8.87. The van der Waals surface area contributed by atoms with Crippen LogP contribution in [0.5, 0.6) is 5.88 Å². The number of hydrogen-bond acceptors (Lipinski definition) is 4. The summed E-state index contributed by atoms with van der Waals surface area (Å²) in [7, 11) is 0. The third-order valence-corrected chi connectivity index (χ3v) is 3.05. The van der Waals surface area contributed by atoms with Crippen molar-refractivity contribution in [3.8, 4) is 5.88 Å². The Morgan fingerprint density at radius 1 is 1.32 bits per heavy atom. The van der Waals surface area contributed by atoms with E-state index in [1.165, 1.54) is 19.3 Å². The number of aliphatic imine (C=N–C) groups is 1. The van der Waals surface area contributed by atoms with Crippen LogP contribution in [0.4, 0.5) is 0 Å². The fourth-order valence-electron chi connectivity index (χ4n) is 2.10. The lowest BCUT2D eigenvalue weighted by atomic mass is 10.2. The summed E-state index contributed by atoms with van der Waals surface area (Å²) in [5.41, 5.74) is 1.09. The molecule has 0 unspecified atom stereocenters. The molecule has 0 saturated carbocycles. The van der Waals surface area contributed by atoms with Crippen LogP contribution < -0.4 is 10.1 Å². The van der Waals surface area contributed by atoms with Crippen molar-refractivity contribution in [2.75, 3.05) is 6.54 Å². The minimum absolute atomic E-state index is 0.142. The van der Waals surface area contributed by atoms with Gasteiger partial charge in [-0.1, -0.05) is 12.5 Å². The molecule has 0 spiro atoms. The standard InChI is InChI=1S/C15H23N3O/c1-12(2)19-15-13(7-6-10-17-15)11-18-14-8-4-3-5-9-16-14/h6-7,10,12H,3-5,8-9,11H2,1-2H3,(H,16,18). The molecular weight excluding hydrogens is 238 g/mol. The predicted octanol–water partition coefficient (Wildman–Crippen LogP) is 2.93. The molecule has 19 heavy (non-hydrogen) atoms. The van der Waals surface area contributed by atoms with Crippen molar-refractivity contribution in [2.24, 2.45) is 4.99 Å². The van der Waals surface area contributed by atoms with E-state index < -0.39 is 0 Å². The Kier molecular flexibility index (Phi) is 5.19. The van der Waals surface area contributed by atoms with Crippen LogP contribution in [0.15, 0.2) is 23.3 Å². The molecule has 1 aromatic rings. The van der Waals surface area contributed by atoms with E-state index in [1.807, 2.05) is 19.9 Å². The molecule has 0 amide bonds. The molecule has 2 heterocycles. The van der Waals surface area contributed by atoms with Crippen molar-refractivity contribution in [1.82, 2.24) is 10.3 Å². The smallest absolute Gasteiger partial charge is 0.218 e. The second-order valence-corrected chi connectivity index (χ2v) is 5.13. The Hall–Kier alpha value is -1.58. The maximum absolute atomic E-state index is 5.72. The van der Waals surface area contributed by atoms with Crippen molar-refractivity contribution >= 4 is 5.84 Å². The SMILES string of the molecule is CC(C)Oc1ncccc1CNC1=NCCCCC1. The molecule has 2 rings (SSSR count). The van der Waals surface area contributed by atoms with E-state index in [2.05, 4.69) is 21.4 Å². The normalized spacial score (nSPS) is 15.8. The molecule has 1 aliphatic rings. The van der Waals surface area contributed by atoms with Gasteiger partial charge in [0, 0.05) is 31.3 Å². The molecule has 4 heteroatoms. The lowest BCUT2D eigenvalue weighted by molar-refractivity contribution is 0.230. The Morgan fingerprint density at radius 3 is 3.05 bits per heavy atom. The van der Waals surface area contributed by atoms with Crippen molar-refractivity contribution in [1.29, 1.82) is 0 Å². The highest BCUT2D eigenvalue weighted by Gasteiger charge is 2.08. The first-order valence-corrected chi connectivity index (χ1v) is 7.13. The van der Waals surface area contributed by atoms with E-state index in [4.69, 9.17) is 4.74 Å². The second-order valence-electron chi connectivity index (χ2n) is 5.13. The molecule has 1 aromatic heterocycles. The highest BCUT2D eigenvalue weighted by molar-refractivity contribution is 5.82. The van der Waals surface area contributed by atoms with Gasteiger partial charge in [-0.05, 0) is 32.8 Å². The third-order valence-electron chi connectivity index (χ3n) is 3.05. The third kappa shape index (κ3) is 4.54. The fraction of sp³-hybridized carbons (Fsp3) is 0.600. The van der Waals surface area contributed by atoms with E-state index in [0.717, 1.165) is 36.8 Å². The van der Waals surface area contributed by atoms with Crippen molar-refractivity contribution in [3.05, 3.63) is 23.9 Å². The number of ether oxygens (including phenoxy) is 1. The molecule has 4 nitrogen and oxygen atoms in total. The highest BCUT2D eigenvalue weighted by atomic mass is 16.5. The number of pyridine rings is 1. The van der Waals surface area contributed by atoms with Gasteiger partial charge in [0.05, 0.1) is 11.9 Å². The molecular formula is C15H23N3O. The van der Waals surface area contributed by atoms with Gasteiger partial charge in [0.2, 0.25) is 5.88 Å². The zero-order chi connectivity index (χ0) is 13.5. The maximum Gasteiger partial charge on any atom is 0.218 e. The van der Waals surface area contributed by atoms with Crippen LogP contribution in [-0.2, 0) is 6.54 Å². The molecule has 0 atom stereocenters. The molecule has 0 bridgehead atoms. The monoisotopic (exact) mass is 261 g/mol. The second kappa shape index (κ2) is 7.12. The van der Waals surface area contributed by atoms with E-state index in [-0.39, 0.29) is 6.10 Å². The van der Waals surface area contributed by atoms with Gasteiger partial charge in [0.25, 0.3) is 0 Å². The van der Waals surface area contributed by atoms with E-state index in [0.29, 0.717) is 0 Å². The molecule has 1 N–H and O–H groups in total. The zero-order valence-corrected chi connectivity index (χ0v) is 11.9. The van der Waals surface area contributed by atoms with Gasteiger partial charge in [0.1, 0.15) is 0 Å². The highest BCUT2D eigenvalue weighted by Crippen LogP contribution is 2.16. The molecule has 0 aliphatic carbocycles. The van der Waals surface area contributed by atoms with Crippen molar-refractivity contribution in [2.45, 2.75) is 52.2 Å². The Bertz CT molecular complexity index is 429. The summed E-state index contributed by atoms with van der Waals surface area (Å²) in [5, 5.41) is 3.42. The van der Waals surface area contributed by atoms with E-state index in [1.54, 1.807) is 6.20 Å². The lowest BCUT2D eigenvalue weighted by Gasteiger charge is -2.14. The van der Waals surface area contributed by atoms with Crippen molar-refractivity contribution in [3.63, 3.8) is 0 Å². The average molecular weight is 261 g/mol. The molecule has 0 saturated heterocycles. The van der Waals surface area contributed by atoms with E-state index >= 15 is 0 Å². The Labute approximate surface area is 115 Å². The molecule has 0 radical (unpaired) electrons. The minimum Gasteiger partial charge on any atom is -0.475 e. The van der Waals surface area contributed by atoms with Gasteiger partial charge in [-0.3, -0.25) is 4.99 Å². The minimum atomic E-state index is 0.142. The maximum atomic E-state index is 5.72. The predicted molar refractivity (Wildman–Crippen MR) is 77.6 cm³/mol. The molecule has 104 valence electrons. The average Bonchev–Trinajstić information content (AvgIpc) is 2.65. The van der Waals surface area contributed by atoms with Gasteiger partial charge in [-0.2, -0.15) is 0 Å². The number of amidine groups is 1. The molecule has 0 fully saturated rings. The number of aromatic nitrogens is 1. The van der Waals surface area contributed by atoms with Gasteiger partial charge in [-0.15, -0.1) is 0 Å². The first kappa shape index (κ1) is 13.8.